The monoisotopic (exact) mass is 285 g/mol. The standard InChI is InChI=1S/C17H19NO3/c1-3-14-10(2)8-15(21-14)17(20)18-16-12-7-5-4-6-11(12)9-13(16)19/h4-8,13,16,19H,3,9H2,1-2H3,(H,18,20). The second-order valence-corrected chi connectivity index (χ2v) is 5.49. The van der Waals surface area contributed by atoms with E-state index in [0.717, 1.165) is 28.9 Å². The highest BCUT2D eigenvalue weighted by atomic mass is 16.4. The van der Waals surface area contributed by atoms with Crippen molar-refractivity contribution >= 4 is 5.91 Å². The van der Waals surface area contributed by atoms with E-state index in [-0.39, 0.29) is 11.9 Å². The van der Waals surface area contributed by atoms with Crippen LogP contribution < -0.4 is 5.32 Å². The van der Waals surface area contributed by atoms with E-state index in [1.54, 1.807) is 6.07 Å². The molecule has 0 radical (unpaired) electrons. The van der Waals surface area contributed by atoms with Crippen molar-refractivity contribution in [3.63, 3.8) is 0 Å². The molecule has 0 spiro atoms. The largest absolute Gasteiger partial charge is 0.456 e. The average molecular weight is 285 g/mol. The van der Waals surface area contributed by atoms with Crippen molar-refractivity contribution in [2.45, 2.75) is 38.8 Å². The number of benzene rings is 1. The minimum Gasteiger partial charge on any atom is -0.456 e. The fraction of sp³-hybridized carbons (Fsp3) is 0.353. The summed E-state index contributed by atoms with van der Waals surface area (Å²) in [6.07, 6.45) is 0.736. The van der Waals surface area contributed by atoms with Crippen molar-refractivity contribution in [1.82, 2.24) is 5.32 Å². The Labute approximate surface area is 123 Å². The van der Waals surface area contributed by atoms with Crippen molar-refractivity contribution in [2.24, 2.45) is 0 Å². The SMILES string of the molecule is CCc1oc(C(=O)NC2c3ccccc3CC2O)cc1C. The van der Waals surface area contributed by atoms with E-state index >= 15 is 0 Å². The lowest BCUT2D eigenvalue weighted by Crippen LogP contribution is -2.33. The summed E-state index contributed by atoms with van der Waals surface area (Å²) in [7, 11) is 0. The van der Waals surface area contributed by atoms with E-state index in [1.807, 2.05) is 38.1 Å². The van der Waals surface area contributed by atoms with E-state index in [2.05, 4.69) is 5.32 Å². The third-order valence-electron chi connectivity index (χ3n) is 4.06. The van der Waals surface area contributed by atoms with E-state index in [1.165, 1.54) is 0 Å². The maximum Gasteiger partial charge on any atom is 0.287 e. The van der Waals surface area contributed by atoms with Crippen LogP contribution in [0.2, 0.25) is 0 Å². The average Bonchev–Trinajstić information content (AvgIpc) is 3.00. The number of hydrogen-bond donors (Lipinski definition) is 2. The predicted octanol–water partition coefficient (Wildman–Crippen LogP) is 2.54. The first-order valence-electron chi connectivity index (χ1n) is 7.26. The van der Waals surface area contributed by atoms with Gasteiger partial charge in [-0.2, -0.15) is 0 Å². The van der Waals surface area contributed by atoms with Crippen molar-refractivity contribution in [2.75, 3.05) is 0 Å². The Hall–Kier alpha value is -2.07. The van der Waals surface area contributed by atoms with Crippen LogP contribution >= 0.6 is 0 Å². The molecule has 2 aromatic rings. The molecule has 1 amide bonds. The number of aryl methyl sites for hydroxylation is 2. The highest BCUT2D eigenvalue weighted by Crippen LogP contribution is 2.31. The summed E-state index contributed by atoms with van der Waals surface area (Å²) in [5.41, 5.74) is 3.05. The fourth-order valence-electron chi connectivity index (χ4n) is 2.94. The van der Waals surface area contributed by atoms with E-state index in [4.69, 9.17) is 4.42 Å². The fourth-order valence-corrected chi connectivity index (χ4v) is 2.94. The van der Waals surface area contributed by atoms with E-state index < -0.39 is 6.10 Å². The minimum absolute atomic E-state index is 0.279. The second-order valence-electron chi connectivity index (χ2n) is 5.49. The summed E-state index contributed by atoms with van der Waals surface area (Å²) < 4.78 is 5.57. The number of carbonyl (C=O) groups is 1. The van der Waals surface area contributed by atoms with Gasteiger partial charge in [0.1, 0.15) is 5.76 Å². The summed E-state index contributed by atoms with van der Waals surface area (Å²) >= 11 is 0. The smallest absolute Gasteiger partial charge is 0.287 e. The van der Waals surface area contributed by atoms with Crippen LogP contribution in [0.15, 0.2) is 34.7 Å². The summed E-state index contributed by atoms with van der Waals surface area (Å²) in [5, 5.41) is 13.0. The molecule has 0 saturated heterocycles. The van der Waals surface area contributed by atoms with Gasteiger partial charge in [-0.05, 0) is 29.7 Å². The van der Waals surface area contributed by atoms with Crippen LogP contribution in [0.3, 0.4) is 0 Å². The molecule has 1 aromatic carbocycles. The number of amides is 1. The molecular weight excluding hydrogens is 266 g/mol. The topological polar surface area (TPSA) is 62.5 Å². The van der Waals surface area contributed by atoms with Gasteiger partial charge in [0.25, 0.3) is 5.91 Å². The van der Waals surface area contributed by atoms with Gasteiger partial charge in [0.2, 0.25) is 0 Å². The van der Waals surface area contributed by atoms with Crippen LogP contribution in [0.1, 0.15) is 46.0 Å². The molecule has 0 saturated carbocycles. The van der Waals surface area contributed by atoms with Gasteiger partial charge in [-0.1, -0.05) is 31.2 Å². The molecule has 1 heterocycles. The Morgan fingerprint density at radius 1 is 1.43 bits per heavy atom. The molecule has 4 heteroatoms. The molecule has 110 valence electrons. The molecule has 1 aromatic heterocycles. The number of nitrogens with one attached hydrogen (secondary N) is 1. The van der Waals surface area contributed by atoms with Crippen molar-refractivity contribution in [3.8, 4) is 0 Å². The van der Waals surface area contributed by atoms with Crippen molar-refractivity contribution in [1.29, 1.82) is 0 Å². The van der Waals surface area contributed by atoms with E-state index in [9.17, 15) is 9.90 Å². The summed E-state index contributed by atoms with van der Waals surface area (Å²) in [6, 6.07) is 9.17. The Kier molecular flexibility index (Phi) is 3.55. The number of fused-ring (bicyclic) bond motifs is 1. The van der Waals surface area contributed by atoms with Crippen LogP contribution in [0.25, 0.3) is 0 Å². The Morgan fingerprint density at radius 2 is 2.19 bits per heavy atom. The highest BCUT2D eigenvalue weighted by molar-refractivity contribution is 5.92. The Morgan fingerprint density at radius 3 is 2.90 bits per heavy atom. The Bertz CT molecular complexity index is 674. The van der Waals surface area contributed by atoms with Crippen LogP contribution in [-0.2, 0) is 12.8 Å². The first-order chi connectivity index (χ1) is 10.1. The van der Waals surface area contributed by atoms with Gasteiger partial charge in [-0.3, -0.25) is 4.79 Å². The number of furan rings is 1. The minimum atomic E-state index is -0.590. The van der Waals surface area contributed by atoms with Crippen LogP contribution in [0.4, 0.5) is 0 Å². The molecule has 2 unspecified atom stereocenters. The van der Waals surface area contributed by atoms with Crippen LogP contribution in [0.5, 0.6) is 0 Å². The van der Waals surface area contributed by atoms with Gasteiger partial charge in [-0.15, -0.1) is 0 Å². The third-order valence-corrected chi connectivity index (χ3v) is 4.06. The molecular formula is C17H19NO3. The molecule has 2 atom stereocenters. The zero-order valence-electron chi connectivity index (χ0n) is 12.2. The summed E-state index contributed by atoms with van der Waals surface area (Å²) in [5.74, 6) is 0.854. The predicted molar refractivity (Wildman–Crippen MR) is 79.2 cm³/mol. The number of rotatable bonds is 3. The molecule has 1 aliphatic carbocycles. The number of aliphatic hydroxyl groups excluding tert-OH is 1. The van der Waals surface area contributed by atoms with Gasteiger partial charge >= 0.3 is 0 Å². The maximum absolute atomic E-state index is 12.3. The van der Waals surface area contributed by atoms with Crippen molar-refractivity contribution < 1.29 is 14.3 Å². The zero-order valence-corrected chi connectivity index (χ0v) is 12.2. The number of hydrogen-bond acceptors (Lipinski definition) is 3. The number of aliphatic hydroxyl groups is 1. The lowest BCUT2D eigenvalue weighted by Gasteiger charge is -2.17. The molecule has 4 nitrogen and oxygen atoms in total. The molecule has 1 aliphatic rings. The molecule has 3 rings (SSSR count). The van der Waals surface area contributed by atoms with E-state index in [0.29, 0.717) is 12.2 Å². The third kappa shape index (κ3) is 2.47. The quantitative estimate of drug-likeness (QED) is 0.911. The van der Waals surface area contributed by atoms with Gasteiger partial charge in [0.05, 0.1) is 12.1 Å². The lowest BCUT2D eigenvalue weighted by molar-refractivity contribution is 0.0830. The van der Waals surface area contributed by atoms with Gasteiger partial charge in [-0.25, -0.2) is 0 Å². The molecule has 21 heavy (non-hydrogen) atoms. The summed E-state index contributed by atoms with van der Waals surface area (Å²) in [6.45, 7) is 3.92. The maximum atomic E-state index is 12.3. The first-order valence-corrected chi connectivity index (χ1v) is 7.26. The van der Waals surface area contributed by atoms with Crippen molar-refractivity contribution in [3.05, 3.63) is 58.5 Å². The Balaban J connectivity index is 1.81. The summed E-state index contributed by atoms with van der Waals surface area (Å²) in [4.78, 5) is 12.3. The first kappa shape index (κ1) is 13.9. The van der Waals surface area contributed by atoms with Gasteiger partial charge in [0.15, 0.2) is 5.76 Å². The van der Waals surface area contributed by atoms with Crippen LogP contribution in [0, 0.1) is 6.92 Å². The molecule has 0 aliphatic heterocycles. The van der Waals surface area contributed by atoms with Crippen LogP contribution in [-0.4, -0.2) is 17.1 Å². The molecule has 2 N–H and O–H groups in total. The normalized spacial score (nSPS) is 20.3. The zero-order chi connectivity index (χ0) is 15.0. The number of carbonyl (C=O) groups excluding carboxylic acids is 1. The molecule has 0 fully saturated rings. The highest BCUT2D eigenvalue weighted by Gasteiger charge is 2.32. The lowest BCUT2D eigenvalue weighted by atomic mass is 10.1. The van der Waals surface area contributed by atoms with Gasteiger partial charge < -0.3 is 14.8 Å². The molecule has 0 bridgehead atoms. The van der Waals surface area contributed by atoms with Gasteiger partial charge in [0, 0.05) is 12.8 Å². The second kappa shape index (κ2) is 5.37.